The molecule has 7 nitrogen and oxygen atoms in total. The van der Waals surface area contributed by atoms with E-state index in [2.05, 4.69) is 19.9 Å². The zero-order valence-electron chi connectivity index (χ0n) is 21.5. The van der Waals surface area contributed by atoms with E-state index in [1.165, 1.54) is 24.4 Å². The number of nitrogens with zero attached hydrogens (tertiary/aromatic N) is 3. The Hall–Kier alpha value is -3.83. The van der Waals surface area contributed by atoms with Gasteiger partial charge in [-0.15, -0.1) is 13.2 Å². The predicted octanol–water partition coefficient (Wildman–Crippen LogP) is 4.79. The fourth-order valence-electron chi connectivity index (χ4n) is 4.45. The lowest BCUT2D eigenvalue weighted by Gasteiger charge is -2.37. The Bertz CT molecular complexity index is 1330. The molecule has 11 heteroatoms. The van der Waals surface area contributed by atoms with Crippen molar-refractivity contribution in [2.24, 2.45) is 0 Å². The molecular weight excluding hydrogens is 516 g/mol. The average Bonchev–Trinajstić information content (AvgIpc) is 2.87. The van der Waals surface area contributed by atoms with Crippen molar-refractivity contribution >= 4 is 17.4 Å². The number of halogens is 4. The molecular formula is C28H28F4N4O3. The third kappa shape index (κ3) is 7.61. The van der Waals surface area contributed by atoms with Gasteiger partial charge in [0.25, 0.3) is 0 Å². The molecule has 39 heavy (non-hydrogen) atoms. The SMILES string of the molecule is CC1CN(C)CCN1CC(=O)Nc1cc(C(=O)Cc2ccc(-c3ccccc3F)nc2)ccc1OC(F)(F)F. The van der Waals surface area contributed by atoms with Crippen molar-refractivity contribution in [1.82, 2.24) is 14.8 Å². The first-order valence-electron chi connectivity index (χ1n) is 12.3. The summed E-state index contributed by atoms with van der Waals surface area (Å²) >= 11 is 0. The summed E-state index contributed by atoms with van der Waals surface area (Å²) in [6.07, 6.45) is -3.64. The summed E-state index contributed by atoms with van der Waals surface area (Å²) in [5.41, 5.74) is 1.09. The maximum absolute atomic E-state index is 14.0. The van der Waals surface area contributed by atoms with Crippen LogP contribution in [0.2, 0.25) is 0 Å². The molecule has 1 N–H and O–H groups in total. The number of amides is 1. The highest BCUT2D eigenvalue weighted by atomic mass is 19.4. The van der Waals surface area contributed by atoms with Crippen LogP contribution in [0.25, 0.3) is 11.3 Å². The summed E-state index contributed by atoms with van der Waals surface area (Å²) in [6, 6.07) is 12.9. The molecule has 0 spiro atoms. The van der Waals surface area contributed by atoms with Gasteiger partial charge in [-0.25, -0.2) is 4.39 Å². The fourth-order valence-corrected chi connectivity index (χ4v) is 4.45. The summed E-state index contributed by atoms with van der Waals surface area (Å²) in [6.45, 7) is 4.12. The van der Waals surface area contributed by atoms with Gasteiger partial charge in [0.05, 0.1) is 17.9 Å². The van der Waals surface area contributed by atoms with Gasteiger partial charge in [0.15, 0.2) is 11.5 Å². The lowest BCUT2D eigenvalue weighted by molar-refractivity contribution is -0.274. The standard InChI is InChI=1S/C28H28F4N4O3/c1-18-16-35(2)11-12-36(18)17-27(38)34-24-14-20(8-10-26(24)39-28(30,31)32)25(37)13-19-7-9-23(33-15-19)21-5-3-4-6-22(21)29/h3-10,14-15,18H,11-13,16-17H2,1-2H3,(H,34,38). The highest BCUT2D eigenvalue weighted by Gasteiger charge is 2.33. The number of carbonyl (C=O) groups excluding carboxylic acids is 2. The van der Waals surface area contributed by atoms with Crippen molar-refractivity contribution in [2.45, 2.75) is 25.7 Å². The zero-order chi connectivity index (χ0) is 28.2. The van der Waals surface area contributed by atoms with Crippen LogP contribution in [-0.2, 0) is 11.2 Å². The summed E-state index contributed by atoms with van der Waals surface area (Å²) in [5.74, 6) is -1.96. The molecule has 2 aromatic carbocycles. The van der Waals surface area contributed by atoms with Crippen LogP contribution in [0.4, 0.5) is 23.2 Å². The number of nitrogens with one attached hydrogen (secondary N) is 1. The van der Waals surface area contributed by atoms with Crippen LogP contribution in [0.15, 0.2) is 60.8 Å². The second kappa shape index (κ2) is 11.9. The van der Waals surface area contributed by atoms with Crippen molar-refractivity contribution in [3.8, 4) is 17.0 Å². The lowest BCUT2D eigenvalue weighted by Crippen LogP contribution is -2.52. The Balaban J connectivity index is 1.49. The average molecular weight is 545 g/mol. The molecule has 1 saturated heterocycles. The molecule has 0 saturated carbocycles. The molecule has 0 bridgehead atoms. The van der Waals surface area contributed by atoms with Gasteiger partial charge in [0.2, 0.25) is 5.91 Å². The first-order valence-corrected chi connectivity index (χ1v) is 12.3. The van der Waals surface area contributed by atoms with Crippen LogP contribution < -0.4 is 10.1 Å². The van der Waals surface area contributed by atoms with E-state index in [-0.39, 0.29) is 30.3 Å². The number of likely N-dealkylation sites (N-methyl/N-ethyl adjacent to an activating group) is 1. The smallest absolute Gasteiger partial charge is 0.404 e. The first-order chi connectivity index (χ1) is 18.5. The molecule has 2 heterocycles. The van der Waals surface area contributed by atoms with E-state index in [1.54, 1.807) is 30.3 Å². The molecule has 1 aromatic heterocycles. The molecule has 1 aliphatic heterocycles. The fraction of sp³-hybridized carbons (Fsp3) is 0.321. The molecule has 0 aliphatic carbocycles. The number of hydrogen-bond donors (Lipinski definition) is 1. The van der Waals surface area contributed by atoms with E-state index in [1.807, 2.05) is 18.9 Å². The van der Waals surface area contributed by atoms with Gasteiger partial charge in [0.1, 0.15) is 5.82 Å². The van der Waals surface area contributed by atoms with E-state index in [0.29, 0.717) is 23.4 Å². The molecule has 1 amide bonds. The maximum atomic E-state index is 14.0. The molecule has 1 fully saturated rings. The Labute approximate surface area is 223 Å². The maximum Gasteiger partial charge on any atom is 0.573 e. The van der Waals surface area contributed by atoms with Gasteiger partial charge >= 0.3 is 6.36 Å². The molecule has 1 aliphatic rings. The number of pyridine rings is 1. The van der Waals surface area contributed by atoms with E-state index in [0.717, 1.165) is 19.2 Å². The molecule has 4 rings (SSSR count). The highest BCUT2D eigenvalue weighted by molar-refractivity contribution is 6.00. The third-order valence-electron chi connectivity index (χ3n) is 6.46. The largest absolute Gasteiger partial charge is 0.573 e. The molecule has 1 unspecified atom stereocenters. The minimum absolute atomic E-state index is 0.0152. The first kappa shape index (κ1) is 28.2. The topological polar surface area (TPSA) is 74.8 Å². The number of benzene rings is 2. The Kier molecular flexibility index (Phi) is 8.61. The number of alkyl halides is 3. The lowest BCUT2D eigenvalue weighted by atomic mass is 10.0. The predicted molar refractivity (Wildman–Crippen MR) is 138 cm³/mol. The number of anilines is 1. The third-order valence-corrected chi connectivity index (χ3v) is 6.46. The quantitative estimate of drug-likeness (QED) is 0.325. The van der Waals surface area contributed by atoms with Gasteiger partial charge in [-0.05, 0) is 55.9 Å². The summed E-state index contributed by atoms with van der Waals surface area (Å²) in [4.78, 5) is 34.0. The minimum atomic E-state index is -4.98. The van der Waals surface area contributed by atoms with Gasteiger partial charge < -0.3 is 15.0 Å². The van der Waals surface area contributed by atoms with Crippen molar-refractivity contribution in [3.05, 3.63) is 77.7 Å². The van der Waals surface area contributed by atoms with Crippen LogP contribution in [0, 0.1) is 5.82 Å². The van der Waals surface area contributed by atoms with Crippen molar-refractivity contribution in [3.63, 3.8) is 0 Å². The number of ketones is 1. The number of Topliss-reactive ketones (excluding diaryl/α,β-unsaturated/α-hetero) is 1. The molecule has 206 valence electrons. The summed E-state index contributed by atoms with van der Waals surface area (Å²) < 4.78 is 57.1. The molecule has 1 atom stereocenters. The molecule has 0 radical (unpaired) electrons. The summed E-state index contributed by atoms with van der Waals surface area (Å²) in [7, 11) is 1.98. The highest BCUT2D eigenvalue weighted by Crippen LogP contribution is 2.32. The van der Waals surface area contributed by atoms with Crippen molar-refractivity contribution in [1.29, 1.82) is 0 Å². The van der Waals surface area contributed by atoms with Gasteiger partial charge in [-0.1, -0.05) is 18.2 Å². The number of aromatic nitrogens is 1. The van der Waals surface area contributed by atoms with Crippen LogP contribution >= 0.6 is 0 Å². The Morgan fingerprint density at radius 3 is 2.54 bits per heavy atom. The van der Waals surface area contributed by atoms with Gasteiger partial charge in [-0.2, -0.15) is 0 Å². The van der Waals surface area contributed by atoms with Crippen LogP contribution in [0.3, 0.4) is 0 Å². The Morgan fingerprint density at radius 2 is 1.87 bits per heavy atom. The number of rotatable bonds is 8. The van der Waals surface area contributed by atoms with Crippen LogP contribution in [0.1, 0.15) is 22.8 Å². The van der Waals surface area contributed by atoms with Gasteiger partial charge in [-0.3, -0.25) is 19.5 Å². The van der Waals surface area contributed by atoms with E-state index in [9.17, 15) is 27.2 Å². The number of hydrogen-bond acceptors (Lipinski definition) is 6. The number of ether oxygens (including phenoxy) is 1. The van der Waals surface area contributed by atoms with Crippen molar-refractivity contribution in [2.75, 3.05) is 38.5 Å². The normalized spacial score (nSPS) is 16.6. The van der Waals surface area contributed by atoms with Crippen LogP contribution in [-0.4, -0.2) is 72.1 Å². The zero-order valence-corrected chi connectivity index (χ0v) is 21.5. The number of carbonyl (C=O) groups is 2. The van der Waals surface area contributed by atoms with Crippen LogP contribution in [0.5, 0.6) is 5.75 Å². The Morgan fingerprint density at radius 1 is 1.10 bits per heavy atom. The molecule has 3 aromatic rings. The second-order valence-electron chi connectivity index (χ2n) is 9.52. The minimum Gasteiger partial charge on any atom is -0.404 e. The monoisotopic (exact) mass is 544 g/mol. The van der Waals surface area contributed by atoms with E-state index < -0.39 is 29.6 Å². The van der Waals surface area contributed by atoms with E-state index in [4.69, 9.17) is 0 Å². The number of piperazine rings is 1. The van der Waals surface area contributed by atoms with Crippen molar-refractivity contribution < 1.29 is 31.9 Å². The van der Waals surface area contributed by atoms with Gasteiger partial charge in [0, 0.05) is 49.4 Å². The summed E-state index contributed by atoms with van der Waals surface area (Å²) in [5, 5.41) is 2.48. The second-order valence-corrected chi connectivity index (χ2v) is 9.52. The van der Waals surface area contributed by atoms with E-state index >= 15 is 0 Å².